The van der Waals surface area contributed by atoms with Crippen molar-refractivity contribution >= 4 is 5.91 Å². The van der Waals surface area contributed by atoms with Crippen molar-refractivity contribution in [1.29, 1.82) is 0 Å². The number of aromatic nitrogens is 1. The fraction of sp³-hybridized carbons (Fsp3) is 0.538. The number of nitrogens with one attached hydrogen (secondary N) is 2. The van der Waals surface area contributed by atoms with Crippen LogP contribution in [0, 0.1) is 12.8 Å². The minimum Gasteiger partial charge on any atom is -0.381 e. The van der Waals surface area contributed by atoms with Crippen molar-refractivity contribution in [3.8, 4) is 0 Å². The molecule has 0 saturated carbocycles. The second-order valence-electron chi connectivity index (χ2n) is 4.68. The van der Waals surface area contributed by atoms with Gasteiger partial charge in [0.05, 0.1) is 6.61 Å². The maximum Gasteiger partial charge on any atom is 0.260 e. The van der Waals surface area contributed by atoms with Gasteiger partial charge in [0.15, 0.2) is 0 Å². The van der Waals surface area contributed by atoms with E-state index in [1.54, 1.807) is 19.1 Å². The minimum atomic E-state index is -0.340. The second kappa shape index (κ2) is 5.82. The number of hydrogen-bond donors (Lipinski definition) is 2. The molecule has 0 unspecified atom stereocenters. The molecule has 0 aromatic carbocycles. The summed E-state index contributed by atoms with van der Waals surface area (Å²) in [5.41, 5.74) is 0.571. The van der Waals surface area contributed by atoms with Crippen LogP contribution >= 0.6 is 0 Å². The van der Waals surface area contributed by atoms with Crippen LogP contribution < -0.4 is 10.9 Å². The van der Waals surface area contributed by atoms with Gasteiger partial charge in [-0.05, 0) is 37.8 Å². The quantitative estimate of drug-likeness (QED) is 0.835. The molecule has 2 N–H and O–H groups in total. The van der Waals surface area contributed by atoms with Crippen LogP contribution in [0.2, 0.25) is 0 Å². The van der Waals surface area contributed by atoms with Crippen LogP contribution in [0.3, 0.4) is 0 Å². The Bertz CT molecular complexity index is 475. The molecule has 18 heavy (non-hydrogen) atoms. The number of carbonyl (C=O) groups excluding carboxylic acids is 1. The summed E-state index contributed by atoms with van der Waals surface area (Å²) in [4.78, 5) is 26.1. The lowest BCUT2D eigenvalue weighted by Crippen LogP contribution is -2.35. The van der Waals surface area contributed by atoms with Crippen LogP contribution in [-0.2, 0) is 4.74 Å². The van der Waals surface area contributed by atoms with Gasteiger partial charge in [-0.1, -0.05) is 0 Å². The third kappa shape index (κ3) is 3.20. The smallest absolute Gasteiger partial charge is 0.260 e. The van der Waals surface area contributed by atoms with E-state index in [1.165, 1.54) is 0 Å². The molecular formula is C13H18N2O3. The average molecular weight is 250 g/mol. The molecule has 2 rings (SSSR count). The van der Waals surface area contributed by atoms with E-state index in [0.29, 0.717) is 19.1 Å². The Morgan fingerprint density at radius 3 is 3.06 bits per heavy atom. The van der Waals surface area contributed by atoms with E-state index in [4.69, 9.17) is 4.74 Å². The zero-order chi connectivity index (χ0) is 13.0. The summed E-state index contributed by atoms with van der Waals surface area (Å²) in [5, 5.41) is 2.79. The Balaban J connectivity index is 1.93. The fourth-order valence-corrected chi connectivity index (χ4v) is 2.05. The van der Waals surface area contributed by atoms with Gasteiger partial charge in [0.1, 0.15) is 5.56 Å². The van der Waals surface area contributed by atoms with Gasteiger partial charge in [0, 0.05) is 18.8 Å². The fourth-order valence-electron chi connectivity index (χ4n) is 2.05. The molecule has 2 heterocycles. The highest BCUT2D eigenvalue weighted by Crippen LogP contribution is 2.12. The molecule has 1 amide bonds. The largest absolute Gasteiger partial charge is 0.381 e. The molecule has 0 radical (unpaired) electrons. The molecule has 1 saturated heterocycles. The monoisotopic (exact) mass is 250 g/mol. The van der Waals surface area contributed by atoms with Gasteiger partial charge < -0.3 is 15.0 Å². The van der Waals surface area contributed by atoms with Gasteiger partial charge in [0.25, 0.3) is 11.5 Å². The van der Waals surface area contributed by atoms with E-state index in [9.17, 15) is 9.59 Å². The Morgan fingerprint density at radius 2 is 2.39 bits per heavy atom. The van der Waals surface area contributed by atoms with Crippen LogP contribution in [-0.4, -0.2) is 30.6 Å². The number of carbonyl (C=O) groups is 1. The number of pyridine rings is 1. The zero-order valence-corrected chi connectivity index (χ0v) is 10.5. The van der Waals surface area contributed by atoms with Crippen molar-refractivity contribution in [3.05, 3.63) is 33.7 Å². The molecule has 0 spiro atoms. The highest BCUT2D eigenvalue weighted by molar-refractivity contribution is 5.93. The predicted octanol–water partition coefficient (Wildman–Crippen LogP) is 0.840. The highest BCUT2D eigenvalue weighted by atomic mass is 16.5. The van der Waals surface area contributed by atoms with E-state index in [-0.39, 0.29) is 17.0 Å². The summed E-state index contributed by atoms with van der Waals surface area (Å²) in [5.74, 6) is 0.0362. The molecule has 1 aliphatic rings. The SMILES string of the molecule is Cc1ccc(C(=O)NC[C@H]2CCCOC2)c(=O)[nH]1. The second-order valence-corrected chi connectivity index (χ2v) is 4.68. The summed E-state index contributed by atoms with van der Waals surface area (Å²) < 4.78 is 5.34. The first-order valence-electron chi connectivity index (χ1n) is 6.22. The van der Waals surface area contributed by atoms with Crippen LogP contribution in [0.1, 0.15) is 28.9 Å². The summed E-state index contributed by atoms with van der Waals surface area (Å²) in [7, 11) is 0. The number of ether oxygens (including phenoxy) is 1. The average Bonchev–Trinajstić information content (AvgIpc) is 2.37. The van der Waals surface area contributed by atoms with Crippen LogP contribution in [0.5, 0.6) is 0 Å². The maximum absolute atomic E-state index is 11.8. The number of H-pyrrole nitrogens is 1. The van der Waals surface area contributed by atoms with Crippen LogP contribution in [0.25, 0.3) is 0 Å². The molecule has 1 aliphatic heterocycles. The maximum atomic E-state index is 11.8. The number of hydrogen-bond acceptors (Lipinski definition) is 3. The van der Waals surface area contributed by atoms with E-state index in [2.05, 4.69) is 10.3 Å². The van der Waals surface area contributed by atoms with Crippen LogP contribution in [0.4, 0.5) is 0 Å². The van der Waals surface area contributed by atoms with Gasteiger partial charge in [-0.2, -0.15) is 0 Å². The Hall–Kier alpha value is -1.62. The lowest BCUT2D eigenvalue weighted by atomic mass is 10.0. The van der Waals surface area contributed by atoms with E-state index >= 15 is 0 Å². The standard InChI is InChI=1S/C13H18N2O3/c1-9-4-5-11(13(17)15-9)12(16)14-7-10-3-2-6-18-8-10/h4-5,10H,2-3,6-8H2,1H3,(H,14,16)(H,15,17)/t10-/m1/s1. The first-order valence-corrected chi connectivity index (χ1v) is 6.22. The number of aryl methyl sites for hydroxylation is 1. The summed E-state index contributed by atoms with van der Waals surface area (Å²) in [6.45, 7) is 3.83. The molecular weight excluding hydrogens is 232 g/mol. The topological polar surface area (TPSA) is 71.2 Å². The third-order valence-electron chi connectivity index (χ3n) is 3.11. The van der Waals surface area contributed by atoms with Gasteiger partial charge in [-0.15, -0.1) is 0 Å². The number of aromatic amines is 1. The molecule has 1 fully saturated rings. The molecule has 5 heteroatoms. The van der Waals surface area contributed by atoms with Gasteiger partial charge in [-0.25, -0.2) is 0 Å². The lowest BCUT2D eigenvalue weighted by Gasteiger charge is -2.22. The molecule has 0 aliphatic carbocycles. The van der Waals surface area contributed by atoms with Crippen molar-refractivity contribution in [1.82, 2.24) is 10.3 Å². The predicted molar refractivity (Wildman–Crippen MR) is 67.7 cm³/mol. The third-order valence-corrected chi connectivity index (χ3v) is 3.11. The van der Waals surface area contributed by atoms with Crippen molar-refractivity contribution < 1.29 is 9.53 Å². The van der Waals surface area contributed by atoms with Crippen molar-refractivity contribution in [2.75, 3.05) is 19.8 Å². The molecule has 0 bridgehead atoms. The van der Waals surface area contributed by atoms with Gasteiger partial charge >= 0.3 is 0 Å². The summed E-state index contributed by atoms with van der Waals surface area (Å²) in [6.07, 6.45) is 2.09. The molecule has 1 atom stereocenters. The highest BCUT2D eigenvalue weighted by Gasteiger charge is 2.16. The Morgan fingerprint density at radius 1 is 1.56 bits per heavy atom. The zero-order valence-electron chi connectivity index (χ0n) is 10.5. The number of amides is 1. The van der Waals surface area contributed by atoms with E-state index in [1.807, 2.05) is 0 Å². The summed E-state index contributed by atoms with van der Waals surface area (Å²) >= 11 is 0. The van der Waals surface area contributed by atoms with Gasteiger partial charge in [0.2, 0.25) is 0 Å². The van der Waals surface area contributed by atoms with Gasteiger partial charge in [-0.3, -0.25) is 9.59 Å². The Labute approximate surface area is 106 Å². The molecule has 1 aromatic rings. The lowest BCUT2D eigenvalue weighted by molar-refractivity contribution is 0.0536. The molecule has 98 valence electrons. The normalized spacial score (nSPS) is 19.5. The van der Waals surface area contributed by atoms with Crippen molar-refractivity contribution in [3.63, 3.8) is 0 Å². The number of rotatable bonds is 3. The first kappa shape index (κ1) is 12.8. The molecule has 1 aromatic heterocycles. The van der Waals surface area contributed by atoms with E-state index in [0.717, 1.165) is 25.1 Å². The van der Waals surface area contributed by atoms with Crippen LogP contribution in [0.15, 0.2) is 16.9 Å². The molecule has 5 nitrogen and oxygen atoms in total. The van der Waals surface area contributed by atoms with Crippen molar-refractivity contribution in [2.24, 2.45) is 5.92 Å². The Kier molecular flexibility index (Phi) is 4.15. The van der Waals surface area contributed by atoms with E-state index < -0.39 is 0 Å². The minimum absolute atomic E-state index is 0.164. The summed E-state index contributed by atoms with van der Waals surface area (Å²) in [6, 6.07) is 3.28. The first-order chi connectivity index (χ1) is 8.66. The van der Waals surface area contributed by atoms with Crippen molar-refractivity contribution in [2.45, 2.75) is 19.8 Å².